The lowest BCUT2D eigenvalue weighted by molar-refractivity contribution is 0.174. The van der Waals surface area contributed by atoms with Crippen molar-refractivity contribution in [1.82, 2.24) is 9.71 Å². The molecule has 2 aromatic carbocycles. The SMILES string of the molecule is O=S(=O)(NCC(Cc1ccccn1)c1ccccc1)c1ccc2c(c1)OCO2. The Labute approximate surface area is 164 Å². The Kier molecular flexibility index (Phi) is 5.27. The predicted octanol–water partition coefficient (Wildman–Crippen LogP) is 3.12. The van der Waals surface area contributed by atoms with Crippen LogP contribution in [0.3, 0.4) is 0 Å². The molecule has 0 radical (unpaired) electrons. The van der Waals surface area contributed by atoms with Crippen molar-refractivity contribution in [3.05, 3.63) is 84.2 Å². The fourth-order valence-electron chi connectivity index (χ4n) is 3.14. The van der Waals surface area contributed by atoms with Gasteiger partial charge in [-0.3, -0.25) is 4.98 Å². The predicted molar refractivity (Wildman–Crippen MR) is 105 cm³/mol. The van der Waals surface area contributed by atoms with Crippen LogP contribution in [0.5, 0.6) is 11.5 Å². The summed E-state index contributed by atoms with van der Waals surface area (Å²) >= 11 is 0. The molecule has 4 rings (SSSR count). The fraction of sp³-hybridized carbons (Fsp3) is 0.190. The number of ether oxygens (including phenoxy) is 2. The van der Waals surface area contributed by atoms with E-state index in [1.165, 1.54) is 12.1 Å². The number of nitrogens with zero attached hydrogens (tertiary/aromatic N) is 1. The van der Waals surface area contributed by atoms with E-state index in [2.05, 4.69) is 9.71 Å². The van der Waals surface area contributed by atoms with Gasteiger partial charge in [0.15, 0.2) is 11.5 Å². The lowest BCUT2D eigenvalue weighted by Crippen LogP contribution is -2.29. The van der Waals surface area contributed by atoms with E-state index in [0.717, 1.165) is 11.3 Å². The molecule has 0 fully saturated rings. The molecule has 0 aliphatic carbocycles. The van der Waals surface area contributed by atoms with Crippen molar-refractivity contribution in [2.75, 3.05) is 13.3 Å². The first-order valence-electron chi connectivity index (χ1n) is 8.96. The summed E-state index contributed by atoms with van der Waals surface area (Å²) < 4.78 is 38.9. The first-order chi connectivity index (χ1) is 13.6. The minimum Gasteiger partial charge on any atom is -0.454 e. The molecule has 0 spiro atoms. The summed E-state index contributed by atoms with van der Waals surface area (Å²) in [4.78, 5) is 4.53. The molecule has 1 N–H and O–H groups in total. The molecule has 2 heterocycles. The molecule has 0 amide bonds. The number of hydrogen-bond acceptors (Lipinski definition) is 5. The minimum absolute atomic E-state index is 0.0418. The Morgan fingerprint density at radius 1 is 0.964 bits per heavy atom. The summed E-state index contributed by atoms with van der Waals surface area (Å²) in [5, 5.41) is 0. The maximum Gasteiger partial charge on any atom is 0.240 e. The number of benzene rings is 2. The molecule has 1 aliphatic heterocycles. The van der Waals surface area contributed by atoms with Gasteiger partial charge < -0.3 is 9.47 Å². The second-order valence-corrected chi connectivity index (χ2v) is 8.27. The summed E-state index contributed by atoms with van der Waals surface area (Å²) in [6, 6.07) is 20.2. The summed E-state index contributed by atoms with van der Waals surface area (Å²) in [7, 11) is -3.68. The van der Waals surface area contributed by atoms with Crippen LogP contribution >= 0.6 is 0 Å². The van der Waals surface area contributed by atoms with E-state index in [0.29, 0.717) is 17.9 Å². The number of aromatic nitrogens is 1. The van der Waals surface area contributed by atoms with Gasteiger partial charge in [0.1, 0.15) is 0 Å². The molecule has 0 saturated heterocycles. The third-order valence-electron chi connectivity index (χ3n) is 4.63. The Bertz CT molecular complexity index is 1040. The summed E-state index contributed by atoms with van der Waals surface area (Å²) in [6.45, 7) is 0.365. The zero-order chi connectivity index (χ0) is 19.4. The zero-order valence-corrected chi connectivity index (χ0v) is 15.9. The van der Waals surface area contributed by atoms with E-state index in [9.17, 15) is 8.42 Å². The molecule has 1 aromatic heterocycles. The highest BCUT2D eigenvalue weighted by Crippen LogP contribution is 2.33. The summed E-state index contributed by atoms with van der Waals surface area (Å²) in [5.74, 6) is 0.951. The van der Waals surface area contributed by atoms with Crippen molar-refractivity contribution in [3.8, 4) is 11.5 Å². The maximum absolute atomic E-state index is 12.8. The van der Waals surface area contributed by atoms with Gasteiger partial charge in [-0.1, -0.05) is 36.4 Å². The van der Waals surface area contributed by atoms with Gasteiger partial charge in [-0.15, -0.1) is 0 Å². The number of nitrogens with one attached hydrogen (secondary N) is 1. The van der Waals surface area contributed by atoms with E-state index in [-0.39, 0.29) is 24.2 Å². The topological polar surface area (TPSA) is 77.5 Å². The van der Waals surface area contributed by atoms with Gasteiger partial charge in [-0.05, 0) is 36.2 Å². The fourth-order valence-corrected chi connectivity index (χ4v) is 4.24. The highest BCUT2D eigenvalue weighted by Gasteiger charge is 2.22. The maximum atomic E-state index is 12.8. The van der Waals surface area contributed by atoms with E-state index >= 15 is 0 Å². The van der Waals surface area contributed by atoms with Crippen molar-refractivity contribution in [1.29, 1.82) is 0 Å². The van der Waals surface area contributed by atoms with E-state index < -0.39 is 10.0 Å². The van der Waals surface area contributed by atoms with Gasteiger partial charge in [-0.25, -0.2) is 13.1 Å². The highest BCUT2D eigenvalue weighted by atomic mass is 32.2. The molecule has 1 aliphatic rings. The molecule has 6 nitrogen and oxygen atoms in total. The average molecular weight is 396 g/mol. The lowest BCUT2D eigenvalue weighted by Gasteiger charge is -2.18. The van der Waals surface area contributed by atoms with Crippen molar-refractivity contribution in [3.63, 3.8) is 0 Å². The van der Waals surface area contributed by atoms with Crippen LogP contribution in [0, 0.1) is 0 Å². The second kappa shape index (κ2) is 8.00. The third-order valence-corrected chi connectivity index (χ3v) is 6.05. The monoisotopic (exact) mass is 396 g/mol. The van der Waals surface area contributed by atoms with Crippen LogP contribution in [0.15, 0.2) is 77.8 Å². The Hall–Kier alpha value is -2.90. The lowest BCUT2D eigenvalue weighted by atomic mass is 9.94. The van der Waals surface area contributed by atoms with Crippen LogP contribution in [0.4, 0.5) is 0 Å². The van der Waals surface area contributed by atoms with Gasteiger partial charge in [0, 0.05) is 30.4 Å². The van der Waals surface area contributed by atoms with Gasteiger partial charge in [0.2, 0.25) is 16.8 Å². The quantitative estimate of drug-likeness (QED) is 0.664. The molecule has 3 aromatic rings. The Morgan fingerprint density at radius 2 is 1.75 bits per heavy atom. The van der Waals surface area contributed by atoms with E-state index in [1.54, 1.807) is 12.3 Å². The van der Waals surface area contributed by atoms with Crippen molar-refractivity contribution in [2.45, 2.75) is 17.2 Å². The van der Waals surface area contributed by atoms with Crippen LogP contribution in [0.25, 0.3) is 0 Å². The van der Waals surface area contributed by atoms with Gasteiger partial charge in [0.25, 0.3) is 0 Å². The summed E-state index contributed by atoms with van der Waals surface area (Å²) in [5.41, 5.74) is 1.97. The van der Waals surface area contributed by atoms with Crippen molar-refractivity contribution >= 4 is 10.0 Å². The largest absolute Gasteiger partial charge is 0.454 e. The number of rotatable bonds is 7. The first kappa shape index (κ1) is 18.5. The van der Waals surface area contributed by atoms with E-state index in [4.69, 9.17) is 9.47 Å². The molecule has 28 heavy (non-hydrogen) atoms. The number of fused-ring (bicyclic) bond motifs is 1. The molecular formula is C21H20N2O4S. The molecule has 0 saturated carbocycles. The van der Waals surface area contributed by atoms with Gasteiger partial charge >= 0.3 is 0 Å². The van der Waals surface area contributed by atoms with E-state index in [1.807, 2.05) is 48.5 Å². The number of pyridine rings is 1. The van der Waals surface area contributed by atoms with Crippen LogP contribution in [0.2, 0.25) is 0 Å². The van der Waals surface area contributed by atoms with Crippen LogP contribution in [-0.2, 0) is 16.4 Å². The molecular weight excluding hydrogens is 376 g/mol. The van der Waals surface area contributed by atoms with Crippen LogP contribution < -0.4 is 14.2 Å². The van der Waals surface area contributed by atoms with Crippen molar-refractivity contribution < 1.29 is 17.9 Å². The molecule has 0 bridgehead atoms. The smallest absolute Gasteiger partial charge is 0.240 e. The average Bonchev–Trinajstić information content (AvgIpc) is 3.20. The molecule has 7 heteroatoms. The molecule has 1 atom stereocenters. The third kappa shape index (κ3) is 4.16. The normalized spacial score (nSPS) is 14.0. The molecule has 1 unspecified atom stereocenters. The number of sulfonamides is 1. The number of hydrogen-bond donors (Lipinski definition) is 1. The van der Waals surface area contributed by atoms with Gasteiger partial charge in [0.05, 0.1) is 4.90 Å². The van der Waals surface area contributed by atoms with Crippen LogP contribution in [-0.4, -0.2) is 26.7 Å². The highest BCUT2D eigenvalue weighted by molar-refractivity contribution is 7.89. The van der Waals surface area contributed by atoms with Crippen molar-refractivity contribution in [2.24, 2.45) is 0 Å². The minimum atomic E-state index is -3.68. The second-order valence-electron chi connectivity index (χ2n) is 6.50. The standard InChI is InChI=1S/C21H20N2O4S/c24-28(25,19-9-10-20-21(13-19)27-15-26-20)23-14-17(16-6-2-1-3-7-16)12-18-8-4-5-11-22-18/h1-11,13,17,23H,12,14-15H2. The molecule has 144 valence electrons. The summed E-state index contributed by atoms with van der Waals surface area (Å²) in [6.07, 6.45) is 2.38. The zero-order valence-electron chi connectivity index (χ0n) is 15.1. The first-order valence-corrected chi connectivity index (χ1v) is 10.4. The Morgan fingerprint density at radius 3 is 2.54 bits per heavy atom. The van der Waals surface area contributed by atoms with Gasteiger partial charge in [-0.2, -0.15) is 0 Å². The van der Waals surface area contributed by atoms with Crippen LogP contribution in [0.1, 0.15) is 17.2 Å². The Balaban J connectivity index is 1.53.